The smallest absolute Gasteiger partial charge is 0.328 e. The van der Waals surface area contributed by atoms with E-state index in [0.717, 1.165) is 0 Å². The van der Waals surface area contributed by atoms with Crippen LogP contribution in [0.25, 0.3) is 0 Å². The summed E-state index contributed by atoms with van der Waals surface area (Å²) in [5.41, 5.74) is 4.41. The lowest BCUT2D eigenvalue weighted by molar-refractivity contribution is -0.146. The molecule has 4 N–H and O–H groups in total. The average Bonchev–Trinajstić information content (AvgIpc) is 2.00. The van der Waals surface area contributed by atoms with Gasteiger partial charge in [0.25, 0.3) is 0 Å². The Morgan fingerprint density at radius 1 is 1.25 bits per heavy atom. The monoisotopic (exact) mass is 230 g/mol. The number of carbonyl (C=O) groups excluding carboxylic acids is 1. The molecule has 0 aliphatic rings. The lowest BCUT2D eigenvalue weighted by atomic mass is 9.85. The molecule has 0 bridgehead atoms. The Bertz CT molecular complexity index is 279. The van der Waals surface area contributed by atoms with Crippen LogP contribution >= 0.6 is 0 Å². The molecule has 94 valence electrons. The van der Waals surface area contributed by atoms with E-state index in [0.29, 0.717) is 0 Å². The lowest BCUT2D eigenvalue weighted by Gasteiger charge is -2.28. The number of nitrogens with one attached hydrogen (secondary N) is 1. The summed E-state index contributed by atoms with van der Waals surface area (Å²) in [7, 11) is 0. The molecule has 0 aromatic carbocycles. The van der Waals surface area contributed by atoms with E-state index in [9.17, 15) is 9.59 Å². The van der Waals surface area contributed by atoms with Crippen molar-refractivity contribution in [3.8, 4) is 0 Å². The van der Waals surface area contributed by atoms with Gasteiger partial charge in [-0.15, -0.1) is 0 Å². The van der Waals surface area contributed by atoms with E-state index < -0.39 is 11.5 Å². The van der Waals surface area contributed by atoms with Gasteiger partial charge in [-0.05, 0) is 19.3 Å². The minimum Gasteiger partial charge on any atom is -0.480 e. The summed E-state index contributed by atoms with van der Waals surface area (Å²) in [6.07, 6.45) is 0.125. The van der Waals surface area contributed by atoms with E-state index in [-0.39, 0.29) is 23.8 Å². The fourth-order valence-electron chi connectivity index (χ4n) is 0.959. The topological polar surface area (TPSA) is 92.4 Å². The van der Waals surface area contributed by atoms with Gasteiger partial charge in [0.15, 0.2) is 0 Å². The van der Waals surface area contributed by atoms with Crippen molar-refractivity contribution in [1.29, 1.82) is 0 Å². The highest BCUT2D eigenvalue weighted by Gasteiger charge is 2.31. The summed E-state index contributed by atoms with van der Waals surface area (Å²) in [6, 6.07) is -0.294. The van der Waals surface area contributed by atoms with Crippen LogP contribution in [0.5, 0.6) is 0 Å². The molecule has 0 heterocycles. The first-order chi connectivity index (χ1) is 6.97. The Balaban J connectivity index is 4.36. The second-order valence-corrected chi connectivity index (χ2v) is 5.65. The van der Waals surface area contributed by atoms with Crippen molar-refractivity contribution in [1.82, 2.24) is 5.32 Å². The van der Waals surface area contributed by atoms with Gasteiger partial charge in [-0.1, -0.05) is 20.8 Å². The number of carbonyl (C=O) groups is 2. The Labute approximate surface area is 96.4 Å². The second kappa shape index (κ2) is 4.82. The maximum Gasteiger partial charge on any atom is 0.328 e. The van der Waals surface area contributed by atoms with Crippen LogP contribution in [0, 0.1) is 5.41 Å². The number of amides is 1. The lowest BCUT2D eigenvalue weighted by Crippen LogP contribution is -2.51. The minimum absolute atomic E-state index is 0.125. The van der Waals surface area contributed by atoms with Crippen molar-refractivity contribution in [2.75, 3.05) is 0 Å². The number of carboxylic acid groups (broad SMARTS) is 1. The molecule has 0 saturated heterocycles. The van der Waals surface area contributed by atoms with Gasteiger partial charge in [0, 0.05) is 12.5 Å². The molecule has 0 radical (unpaired) electrons. The normalized spacial score (nSPS) is 14.4. The SMILES string of the molecule is CC(C)(NC(=O)CC(N)C(C)(C)C)C(=O)O. The fourth-order valence-corrected chi connectivity index (χ4v) is 0.959. The summed E-state index contributed by atoms with van der Waals surface area (Å²) in [5, 5.41) is 11.3. The van der Waals surface area contributed by atoms with Gasteiger partial charge >= 0.3 is 5.97 Å². The van der Waals surface area contributed by atoms with Crippen molar-refractivity contribution in [2.45, 2.75) is 52.6 Å². The Hall–Kier alpha value is -1.10. The van der Waals surface area contributed by atoms with Crippen LogP contribution in [0.4, 0.5) is 0 Å². The summed E-state index contributed by atoms with van der Waals surface area (Å²) in [5.74, 6) is -1.40. The first kappa shape index (κ1) is 14.9. The maximum atomic E-state index is 11.6. The molecular weight excluding hydrogens is 208 g/mol. The first-order valence-electron chi connectivity index (χ1n) is 5.27. The molecule has 0 fully saturated rings. The van der Waals surface area contributed by atoms with E-state index >= 15 is 0 Å². The van der Waals surface area contributed by atoms with Gasteiger partial charge in [-0.25, -0.2) is 4.79 Å². The molecule has 0 aliphatic carbocycles. The van der Waals surface area contributed by atoms with Crippen LogP contribution in [-0.2, 0) is 9.59 Å². The number of hydrogen-bond donors (Lipinski definition) is 3. The molecule has 16 heavy (non-hydrogen) atoms. The molecule has 1 amide bonds. The van der Waals surface area contributed by atoms with E-state index in [1.807, 2.05) is 20.8 Å². The van der Waals surface area contributed by atoms with Gasteiger partial charge in [0.05, 0.1) is 0 Å². The average molecular weight is 230 g/mol. The Morgan fingerprint density at radius 3 is 2.00 bits per heavy atom. The number of carboxylic acids is 1. The van der Waals surface area contributed by atoms with Crippen molar-refractivity contribution in [3.05, 3.63) is 0 Å². The van der Waals surface area contributed by atoms with Gasteiger partial charge in [0.2, 0.25) is 5.91 Å². The molecular formula is C11H22N2O3. The second-order valence-electron chi connectivity index (χ2n) is 5.65. The third-order valence-electron chi connectivity index (χ3n) is 2.50. The van der Waals surface area contributed by atoms with Crippen molar-refractivity contribution in [2.24, 2.45) is 11.1 Å². The fraction of sp³-hybridized carbons (Fsp3) is 0.818. The molecule has 5 nitrogen and oxygen atoms in total. The predicted octanol–water partition coefficient (Wildman–Crippen LogP) is 0.729. The minimum atomic E-state index is -1.26. The van der Waals surface area contributed by atoms with Crippen LogP contribution in [0.2, 0.25) is 0 Å². The van der Waals surface area contributed by atoms with Crippen molar-refractivity contribution in [3.63, 3.8) is 0 Å². The van der Waals surface area contributed by atoms with Crippen LogP contribution in [-0.4, -0.2) is 28.6 Å². The summed E-state index contributed by atoms with van der Waals surface area (Å²) < 4.78 is 0. The molecule has 5 heteroatoms. The van der Waals surface area contributed by atoms with E-state index in [1.165, 1.54) is 13.8 Å². The molecule has 0 aromatic heterocycles. The molecule has 0 spiro atoms. The van der Waals surface area contributed by atoms with Crippen LogP contribution in [0.3, 0.4) is 0 Å². The van der Waals surface area contributed by atoms with Crippen molar-refractivity contribution >= 4 is 11.9 Å². The highest BCUT2D eigenvalue weighted by atomic mass is 16.4. The summed E-state index contributed by atoms with van der Waals surface area (Å²) >= 11 is 0. The summed E-state index contributed by atoms with van der Waals surface area (Å²) in [4.78, 5) is 22.4. The van der Waals surface area contributed by atoms with Crippen LogP contribution in [0.1, 0.15) is 41.0 Å². The van der Waals surface area contributed by atoms with Gasteiger partial charge in [0.1, 0.15) is 5.54 Å². The number of rotatable bonds is 4. The highest BCUT2D eigenvalue weighted by molar-refractivity contribution is 5.86. The third kappa shape index (κ3) is 4.61. The van der Waals surface area contributed by atoms with Crippen LogP contribution in [0.15, 0.2) is 0 Å². The van der Waals surface area contributed by atoms with E-state index in [4.69, 9.17) is 10.8 Å². The van der Waals surface area contributed by atoms with E-state index in [1.54, 1.807) is 0 Å². The largest absolute Gasteiger partial charge is 0.480 e. The van der Waals surface area contributed by atoms with Gasteiger partial charge in [-0.3, -0.25) is 4.79 Å². The number of nitrogens with two attached hydrogens (primary N) is 1. The quantitative estimate of drug-likeness (QED) is 0.663. The highest BCUT2D eigenvalue weighted by Crippen LogP contribution is 2.19. The molecule has 1 unspecified atom stereocenters. The molecule has 0 rings (SSSR count). The Morgan fingerprint density at radius 2 is 1.69 bits per heavy atom. The van der Waals surface area contributed by atoms with Crippen molar-refractivity contribution < 1.29 is 14.7 Å². The van der Waals surface area contributed by atoms with Gasteiger partial charge in [-0.2, -0.15) is 0 Å². The van der Waals surface area contributed by atoms with E-state index in [2.05, 4.69) is 5.32 Å². The molecule has 0 saturated carbocycles. The molecule has 0 aromatic rings. The van der Waals surface area contributed by atoms with Gasteiger partial charge < -0.3 is 16.2 Å². The third-order valence-corrected chi connectivity index (χ3v) is 2.50. The number of aliphatic carboxylic acids is 1. The Kier molecular flexibility index (Phi) is 4.49. The maximum absolute atomic E-state index is 11.6. The predicted molar refractivity (Wildman–Crippen MR) is 61.9 cm³/mol. The summed E-state index contributed by atoms with van der Waals surface area (Å²) in [6.45, 7) is 8.69. The standard InChI is InChI=1S/C11H22N2O3/c1-10(2,3)7(12)6-8(14)13-11(4,5)9(15)16/h7H,6,12H2,1-5H3,(H,13,14)(H,15,16). The number of hydrogen-bond acceptors (Lipinski definition) is 3. The zero-order valence-corrected chi connectivity index (χ0v) is 10.6. The zero-order chi connectivity index (χ0) is 13.1. The first-order valence-corrected chi connectivity index (χ1v) is 5.27. The molecule has 1 atom stereocenters. The zero-order valence-electron chi connectivity index (χ0n) is 10.6. The molecule has 0 aliphatic heterocycles. The van der Waals surface area contributed by atoms with Crippen LogP contribution < -0.4 is 11.1 Å².